The number of H-pyrrole nitrogens is 1. The number of carbonyl (C=O) groups is 1. The van der Waals surface area contributed by atoms with Crippen LogP contribution in [0.15, 0.2) is 53.1 Å². The minimum Gasteiger partial charge on any atom is -0.492 e. The molecule has 0 aliphatic carbocycles. The van der Waals surface area contributed by atoms with Gasteiger partial charge in [-0.05, 0) is 73.8 Å². The number of fused-ring (bicyclic) bond motifs is 2. The van der Waals surface area contributed by atoms with E-state index in [4.69, 9.17) is 20.1 Å². The number of rotatable bonds is 10. The molecule has 7 nitrogen and oxygen atoms in total. The van der Waals surface area contributed by atoms with Gasteiger partial charge in [-0.3, -0.25) is 4.79 Å². The zero-order valence-corrected chi connectivity index (χ0v) is 17.1. The summed E-state index contributed by atoms with van der Waals surface area (Å²) in [5.41, 5.74) is 8.87. The zero-order chi connectivity index (χ0) is 21.6. The highest BCUT2D eigenvalue weighted by molar-refractivity contribution is 5.95. The number of hydrogen-bond donors (Lipinski definition) is 3. The Morgan fingerprint density at radius 3 is 2.90 bits per heavy atom. The van der Waals surface area contributed by atoms with Gasteiger partial charge in [0.2, 0.25) is 0 Å². The van der Waals surface area contributed by atoms with Crippen LogP contribution in [-0.2, 0) is 6.42 Å². The first-order valence-electron chi connectivity index (χ1n) is 10.3. The summed E-state index contributed by atoms with van der Waals surface area (Å²) in [5.74, 6) is 0.286. The third kappa shape index (κ3) is 4.87. The molecule has 7 heteroatoms. The Morgan fingerprint density at radius 2 is 2.06 bits per heavy atom. The highest BCUT2D eigenvalue weighted by Crippen LogP contribution is 2.24. The van der Waals surface area contributed by atoms with Crippen molar-refractivity contribution in [1.82, 2.24) is 10.3 Å². The zero-order valence-electron chi connectivity index (χ0n) is 17.1. The molecular weight excluding hydrogens is 392 g/mol. The van der Waals surface area contributed by atoms with Gasteiger partial charge in [-0.1, -0.05) is 0 Å². The molecule has 0 aliphatic rings. The number of nitriles is 1. The van der Waals surface area contributed by atoms with Crippen LogP contribution >= 0.6 is 0 Å². The van der Waals surface area contributed by atoms with Gasteiger partial charge in [0, 0.05) is 29.0 Å². The van der Waals surface area contributed by atoms with Crippen molar-refractivity contribution in [2.24, 2.45) is 5.73 Å². The van der Waals surface area contributed by atoms with Crippen LogP contribution in [0.1, 0.15) is 34.5 Å². The van der Waals surface area contributed by atoms with Gasteiger partial charge in [-0.2, -0.15) is 5.26 Å². The number of ether oxygens (including phenoxy) is 1. The van der Waals surface area contributed by atoms with Crippen molar-refractivity contribution in [3.63, 3.8) is 0 Å². The lowest BCUT2D eigenvalue weighted by Crippen LogP contribution is -2.22. The molecule has 1 amide bonds. The minimum absolute atomic E-state index is 0.145. The Labute approximate surface area is 179 Å². The third-order valence-electron chi connectivity index (χ3n) is 5.22. The highest BCUT2D eigenvalue weighted by Gasteiger charge is 2.09. The van der Waals surface area contributed by atoms with E-state index in [1.165, 1.54) is 5.56 Å². The van der Waals surface area contributed by atoms with Crippen molar-refractivity contribution in [3.8, 4) is 11.8 Å². The molecule has 4 rings (SSSR count). The molecule has 0 radical (unpaired) electrons. The van der Waals surface area contributed by atoms with Crippen LogP contribution in [0, 0.1) is 11.3 Å². The molecular formula is C24H24N4O3. The molecule has 0 bridgehead atoms. The molecule has 2 heterocycles. The van der Waals surface area contributed by atoms with E-state index in [2.05, 4.69) is 16.4 Å². The van der Waals surface area contributed by atoms with Gasteiger partial charge in [-0.25, -0.2) is 0 Å². The maximum atomic E-state index is 11.2. The van der Waals surface area contributed by atoms with E-state index in [0.29, 0.717) is 17.8 Å². The van der Waals surface area contributed by atoms with E-state index in [1.54, 1.807) is 12.1 Å². The van der Waals surface area contributed by atoms with Crippen molar-refractivity contribution in [1.29, 1.82) is 5.26 Å². The predicted molar refractivity (Wildman–Crippen MR) is 119 cm³/mol. The Bertz CT molecular complexity index is 1250. The van der Waals surface area contributed by atoms with Crippen LogP contribution in [0.4, 0.5) is 0 Å². The Balaban J connectivity index is 1.16. The van der Waals surface area contributed by atoms with Crippen molar-refractivity contribution in [3.05, 3.63) is 65.5 Å². The first-order chi connectivity index (χ1) is 15.1. The highest BCUT2D eigenvalue weighted by atomic mass is 16.5. The summed E-state index contributed by atoms with van der Waals surface area (Å²) in [4.78, 5) is 14.5. The standard InChI is InChI=1S/C24H24N4O3/c25-14-16-4-6-21-20(11-16)17(15-28-21)3-1-2-8-27-9-10-30-19-5-7-22-18(12-19)13-23(31-22)24(26)29/h4-7,11-13,15,27-28H,1-3,8-10H2,(H2,26,29). The SMILES string of the molecule is N#Cc1ccc2[nH]cc(CCCCNCCOc3ccc4oc(C(N)=O)cc4c3)c2c1. The molecule has 2 aromatic carbocycles. The molecule has 0 saturated heterocycles. The predicted octanol–water partition coefficient (Wildman–Crippen LogP) is 3.88. The number of hydrogen-bond acceptors (Lipinski definition) is 5. The molecule has 4 aromatic rings. The van der Waals surface area contributed by atoms with Crippen molar-refractivity contribution in [2.75, 3.05) is 19.7 Å². The Morgan fingerprint density at radius 1 is 1.16 bits per heavy atom. The summed E-state index contributed by atoms with van der Waals surface area (Å²) in [6.07, 6.45) is 5.14. The van der Waals surface area contributed by atoms with Gasteiger partial charge in [0.15, 0.2) is 5.76 Å². The smallest absolute Gasteiger partial charge is 0.284 e. The normalized spacial score (nSPS) is 11.1. The van der Waals surface area contributed by atoms with Crippen LogP contribution in [0.5, 0.6) is 5.75 Å². The first-order valence-corrected chi connectivity index (χ1v) is 10.3. The van der Waals surface area contributed by atoms with Crippen molar-refractivity contribution < 1.29 is 13.9 Å². The van der Waals surface area contributed by atoms with Crippen LogP contribution < -0.4 is 15.8 Å². The summed E-state index contributed by atoms with van der Waals surface area (Å²) in [5, 5.41) is 14.4. The fourth-order valence-electron chi connectivity index (χ4n) is 3.62. The Hall–Kier alpha value is -3.76. The fraction of sp³-hybridized carbons (Fsp3) is 0.250. The molecule has 0 spiro atoms. The molecule has 158 valence electrons. The lowest BCUT2D eigenvalue weighted by atomic mass is 10.1. The van der Waals surface area contributed by atoms with Gasteiger partial charge in [-0.15, -0.1) is 0 Å². The number of furan rings is 1. The van der Waals surface area contributed by atoms with Crippen LogP contribution in [0.3, 0.4) is 0 Å². The number of aromatic amines is 1. The number of carbonyl (C=O) groups excluding carboxylic acids is 1. The molecule has 0 unspecified atom stereocenters. The number of aryl methyl sites for hydroxylation is 1. The van der Waals surface area contributed by atoms with E-state index >= 15 is 0 Å². The molecule has 31 heavy (non-hydrogen) atoms. The average molecular weight is 416 g/mol. The number of benzene rings is 2. The molecule has 2 aromatic heterocycles. The first kappa shape index (κ1) is 20.5. The topological polar surface area (TPSA) is 117 Å². The number of nitrogens with one attached hydrogen (secondary N) is 2. The van der Waals surface area contributed by atoms with Crippen LogP contribution in [0.2, 0.25) is 0 Å². The monoisotopic (exact) mass is 416 g/mol. The summed E-state index contributed by atoms with van der Waals surface area (Å²) in [7, 11) is 0. The number of nitrogens with two attached hydrogens (primary N) is 1. The van der Waals surface area contributed by atoms with E-state index < -0.39 is 5.91 Å². The largest absolute Gasteiger partial charge is 0.492 e. The number of amides is 1. The lowest BCUT2D eigenvalue weighted by molar-refractivity contribution is 0.0976. The summed E-state index contributed by atoms with van der Waals surface area (Å²) in [6, 6.07) is 15.0. The van der Waals surface area contributed by atoms with E-state index in [-0.39, 0.29) is 5.76 Å². The average Bonchev–Trinajstić information content (AvgIpc) is 3.39. The van der Waals surface area contributed by atoms with Gasteiger partial charge in [0.1, 0.15) is 17.9 Å². The van der Waals surface area contributed by atoms with E-state index in [1.807, 2.05) is 36.5 Å². The number of unbranched alkanes of at least 4 members (excludes halogenated alkanes) is 1. The summed E-state index contributed by atoms with van der Waals surface area (Å²) >= 11 is 0. The van der Waals surface area contributed by atoms with Crippen LogP contribution in [0.25, 0.3) is 21.9 Å². The van der Waals surface area contributed by atoms with Crippen molar-refractivity contribution in [2.45, 2.75) is 19.3 Å². The molecule has 4 N–H and O–H groups in total. The number of aromatic nitrogens is 1. The van der Waals surface area contributed by atoms with Gasteiger partial charge in [0.25, 0.3) is 5.91 Å². The van der Waals surface area contributed by atoms with E-state index in [9.17, 15) is 4.79 Å². The second-order valence-corrected chi connectivity index (χ2v) is 7.42. The van der Waals surface area contributed by atoms with Gasteiger partial charge in [0.05, 0.1) is 11.6 Å². The van der Waals surface area contributed by atoms with E-state index in [0.717, 1.165) is 54.4 Å². The van der Waals surface area contributed by atoms with Crippen LogP contribution in [-0.4, -0.2) is 30.6 Å². The molecule has 0 fully saturated rings. The molecule has 0 aliphatic heterocycles. The number of primary amides is 1. The van der Waals surface area contributed by atoms with Gasteiger partial charge >= 0.3 is 0 Å². The second kappa shape index (κ2) is 9.37. The quantitative estimate of drug-likeness (QED) is 0.339. The molecule has 0 saturated carbocycles. The van der Waals surface area contributed by atoms with Gasteiger partial charge < -0.3 is 25.2 Å². The second-order valence-electron chi connectivity index (χ2n) is 7.42. The maximum Gasteiger partial charge on any atom is 0.284 e. The fourth-order valence-corrected chi connectivity index (χ4v) is 3.62. The minimum atomic E-state index is -0.584. The molecule has 0 atom stereocenters. The Kier molecular flexibility index (Phi) is 6.20. The maximum absolute atomic E-state index is 11.2. The number of nitrogens with zero attached hydrogens (tertiary/aromatic N) is 1. The lowest BCUT2D eigenvalue weighted by Gasteiger charge is -2.07. The third-order valence-corrected chi connectivity index (χ3v) is 5.22. The van der Waals surface area contributed by atoms with Crippen molar-refractivity contribution >= 4 is 27.8 Å². The summed E-state index contributed by atoms with van der Waals surface area (Å²) in [6.45, 7) is 2.21. The summed E-state index contributed by atoms with van der Waals surface area (Å²) < 4.78 is 11.1.